The summed E-state index contributed by atoms with van der Waals surface area (Å²) < 4.78 is 15.4. The highest BCUT2D eigenvalue weighted by Crippen LogP contribution is 2.29. The number of halogens is 1. The lowest BCUT2D eigenvalue weighted by Gasteiger charge is -2.19. The Morgan fingerprint density at radius 1 is 1.26 bits per heavy atom. The van der Waals surface area contributed by atoms with Gasteiger partial charge in [0, 0.05) is 5.70 Å². The zero-order valence-electron chi connectivity index (χ0n) is 15.4. The molecular formula is C23H22FN3. The van der Waals surface area contributed by atoms with E-state index in [0.717, 1.165) is 52.7 Å². The Kier molecular flexibility index (Phi) is 4.71. The van der Waals surface area contributed by atoms with Gasteiger partial charge >= 0.3 is 0 Å². The van der Waals surface area contributed by atoms with Gasteiger partial charge in [-0.2, -0.15) is 0 Å². The molecule has 0 atom stereocenters. The monoisotopic (exact) mass is 359 g/mol. The number of benzene rings is 2. The molecule has 0 N–H and O–H groups in total. The maximum Gasteiger partial charge on any atom is 0.116 e. The Bertz CT molecular complexity index is 1100. The lowest BCUT2D eigenvalue weighted by molar-refractivity contribution is 0.671. The molecule has 27 heavy (non-hydrogen) atoms. The molecule has 1 aromatic carbocycles. The number of allylic oxidation sites excluding steroid dienone is 5. The van der Waals surface area contributed by atoms with Crippen LogP contribution in [0.15, 0.2) is 78.1 Å². The molecule has 0 unspecified atom stereocenters. The van der Waals surface area contributed by atoms with Crippen molar-refractivity contribution in [1.29, 1.82) is 0 Å². The molecule has 4 rings (SSSR count). The highest BCUT2D eigenvalue weighted by molar-refractivity contribution is 5.86. The second-order valence-corrected chi connectivity index (χ2v) is 6.79. The van der Waals surface area contributed by atoms with Crippen LogP contribution in [0.25, 0.3) is 28.1 Å². The predicted molar refractivity (Wildman–Crippen MR) is 109 cm³/mol. The van der Waals surface area contributed by atoms with E-state index in [-0.39, 0.29) is 0 Å². The van der Waals surface area contributed by atoms with Gasteiger partial charge in [-0.25, -0.2) is 9.37 Å². The van der Waals surface area contributed by atoms with Crippen LogP contribution >= 0.6 is 0 Å². The molecule has 0 saturated heterocycles. The second-order valence-electron chi connectivity index (χ2n) is 6.79. The Hall–Kier alpha value is -3.01. The molecule has 136 valence electrons. The zero-order chi connectivity index (χ0) is 18.8. The molecule has 0 bridgehead atoms. The zero-order valence-corrected chi connectivity index (χ0v) is 15.4. The Labute approximate surface area is 158 Å². The summed E-state index contributed by atoms with van der Waals surface area (Å²) in [6.07, 6.45) is 8.40. The molecule has 1 aliphatic heterocycles. The molecule has 1 aromatic rings. The van der Waals surface area contributed by atoms with Crippen molar-refractivity contribution in [2.45, 2.75) is 32.2 Å². The quantitative estimate of drug-likeness (QED) is 0.437. The van der Waals surface area contributed by atoms with Crippen molar-refractivity contribution < 1.29 is 4.39 Å². The Balaban J connectivity index is 2.04. The minimum atomic E-state index is -0.468. The smallest absolute Gasteiger partial charge is 0.116 e. The largest absolute Gasteiger partial charge is 0.306 e. The van der Waals surface area contributed by atoms with Gasteiger partial charge in [0.1, 0.15) is 5.83 Å². The third-order valence-corrected chi connectivity index (χ3v) is 4.55. The topological polar surface area (TPSA) is 30.2 Å². The first kappa shape index (κ1) is 17.4. The number of nitrogens with zero attached hydrogens (tertiary/aromatic N) is 3. The van der Waals surface area contributed by atoms with Crippen molar-refractivity contribution >= 4 is 16.7 Å². The van der Waals surface area contributed by atoms with Crippen LogP contribution in [-0.2, 0) is 0 Å². The average Bonchev–Trinajstić information content (AvgIpc) is 3.47. The van der Waals surface area contributed by atoms with Crippen molar-refractivity contribution in [3.05, 3.63) is 78.5 Å². The van der Waals surface area contributed by atoms with E-state index in [1.807, 2.05) is 36.4 Å². The first-order valence-corrected chi connectivity index (χ1v) is 9.34. The summed E-state index contributed by atoms with van der Waals surface area (Å²) in [7, 11) is 0. The van der Waals surface area contributed by atoms with Gasteiger partial charge < -0.3 is 4.57 Å². The van der Waals surface area contributed by atoms with Crippen molar-refractivity contribution in [1.82, 2.24) is 9.55 Å². The number of para-hydroxylation sites is 2. The summed E-state index contributed by atoms with van der Waals surface area (Å²) in [5, 5.41) is 0.963. The van der Waals surface area contributed by atoms with E-state index in [0.29, 0.717) is 6.04 Å². The number of rotatable bonds is 5. The van der Waals surface area contributed by atoms with Crippen LogP contribution in [-0.4, -0.2) is 15.6 Å². The number of aromatic nitrogens is 2. The summed E-state index contributed by atoms with van der Waals surface area (Å²) >= 11 is 0. The summed E-state index contributed by atoms with van der Waals surface area (Å²) in [5.41, 5.74) is 4.61. The maximum absolute atomic E-state index is 13.3. The van der Waals surface area contributed by atoms with Crippen LogP contribution in [0.1, 0.15) is 26.2 Å². The van der Waals surface area contributed by atoms with E-state index in [4.69, 9.17) is 9.98 Å². The van der Waals surface area contributed by atoms with E-state index in [9.17, 15) is 4.39 Å². The fraction of sp³-hybridized carbons (Fsp3) is 0.217. The lowest BCUT2D eigenvalue weighted by atomic mass is 10.1. The van der Waals surface area contributed by atoms with Gasteiger partial charge in [0.15, 0.2) is 0 Å². The molecule has 0 radical (unpaired) electrons. The van der Waals surface area contributed by atoms with E-state index in [2.05, 4.69) is 30.2 Å². The molecule has 0 amide bonds. The minimum absolute atomic E-state index is 0.449. The molecule has 1 saturated carbocycles. The van der Waals surface area contributed by atoms with Crippen LogP contribution in [0.5, 0.6) is 0 Å². The van der Waals surface area contributed by atoms with Crippen LogP contribution in [0.3, 0.4) is 0 Å². The second kappa shape index (κ2) is 7.31. The van der Waals surface area contributed by atoms with Gasteiger partial charge in [0.25, 0.3) is 0 Å². The highest BCUT2D eigenvalue weighted by Gasteiger charge is 2.20. The SMILES string of the molecule is C=C(F)/C=C\C(=C/CC)n1c2cc(=NC3CC3)ccc-2nc2ccccc21. The molecule has 2 aliphatic carbocycles. The fourth-order valence-corrected chi connectivity index (χ4v) is 3.18. The molecule has 4 heteroatoms. The first-order valence-electron chi connectivity index (χ1n) is 9.34. The Morgan fingerprint density at radius 2 is 2.07 bits per heavy atom. The number of hydrogen-bond donors (Lipinski definition) is 0. The molecule has 3 nitrogen and oxygen atoms in total. The van der Waals surface area contributed by atoms with Gasteiger partial charge in [-0.1, -0.05) is 31.7 Å². The molecule has 0 aromatic heterocycles. The van der Waals surface area contributed by atoms with E-state index in [1.165, 1.54) is 6.08 Å². The van der Waals surface area contributed by atoms with Crippen LogP contribution < -0.4 is 5.36 Å². The third kappa shape index (κ3) is 3.75. The van der Waals surface area contributed by atoms with Crippen molar-refractivity contribution in [2.75, 3.05) is 0 Å². The third-order valence-electron chi connectivity index (χ3n) is 4.55. The van der Waals surface area contributed by atoms with E-state index in [1.54, 1.807) is 6.08 Å². The van der Waals surface area contributed by atoms with Gasteiger partial charge in [-0.05, 0) is 61.7 Å². The maximum atomic E-state index is 13.3. The number of fused-ring (bicyclic) bond motifs is 2. The lowest BCUT2D eigenvalue weighted by Crippen LogP contribution is -2.11. The van der Waals surface area contributed by atoms with E-state index >= 15 is 0 Å². The van der Waals surface area contributed by atoms with Crippen molar-refractivity contribution in [3.8, 4) is 11.4 Å². The van der Waals surface area contributed by atoms with E-state index < -0.39 is 5.83 Å². The predicted octanol–water partition coefficient (Wildman–Crippen LogP) is 5.49. The molecule has 0 spiro atoms. The summed E-state index contributed by atoms with van der Waals surface area (Å²) in [6, 6.07) is 14.6. The Morgan fingerprint density at radius 3 is 2.81 bits per heavy atom. The minimum Gasteiger partial charge on any atom is -0.306 e. The van der Waals surface area contributed by atoms with Gasteiger partial charge in [0.2, 0.25) is 0 Å². The van der Waals surface area contributed by atoms with Gasteiger partial charge in [-0.3, -0.25) is 4.99 Å². The van der Waals surface area contributed by atoms with Crippen molar-refractivity contribution in [2.24, 2.45) is 4.99 Å². The normalized spacial score (nSPS) is 15.9. The van der Waals surface area contributed by atoms with Crippen LogP contribution in [0.2, 0.25) is 0 Å². The molecular weight excluding hydrogens is 337 g/mol. The molecule has 1 heterocycles. The molecule has 3 aliphatic rings. The highest BCUT2D eigenvalue weighted by atomic mass is 19.1. The number of hydrogen-bond acceptors (Lipinski definition) is 2. The van der Waals surface area contributed by atoms with Crippen LogP contribution in [0, 0.1) is 0 Å². The van der Waals surface area contributed by atoms with Gasteiger partial charge in [-0.15, -0.1) is 0 Å². The van der Waals surface area contributed by atoms with Crippen LogP contribution in [0.4, 0.5) is 4.39 Å². The fourth-order valence-electron chi connectivity index (χ4n) is 3.18. The van der Waals surface area contributed by atoms with Gasteiger partial charge in [0.05, 0.1) is 33.8 Å². The summed E-state index contributed by atoms with van der Waals surface area (Å²) in [6.45, 7) is 5.41. The average molecular weight is 359 g/mol. The summed E-state index contributed by atoms with van der Waals surface area (Å²) in [5.74, 6) is -0.468. The van der Waals surface area contributed by atoms with Crippen molar-refractivity contribution in [3.63, 3.8) is 0 Å². The summed E-state index contributed by atoms with van der Waals surface area (Å²) in [4.78, 5) is 9.58. The molecule has 1 fully saturated rings. The standard InChI is InChI=1S/C23H22FN3/c1-3-6-19(13-9-16(2)24)27-22-8-5-4-7-20(22)26-21-14-12-18(15-23(21)27)25-17-10-11-17/h4-9,12-15,17H,2-3,10-11H2,1H3/b13-9-,19-6+,25-18?. The first-order chi connectivity index (χ1) is 13.2.